The number of hydrogen-bond acceptors (Lipinski definition) is 6. The third kappa shape index (κ3) is 3.84. The monoisotopic (exact) mass is 311 g/mol. The number of nitrogens with one attached hydrogen (secondary N) is 1. The Bertz CT molecular complexity index is 540. The van der Waals surface area contributed by atoms with Crippen molar-refractivity contribution in [3.05, 3.63) is 33.0 Å². The van der Waals surface area contributed by atoms with E-state index >= 15 is 0 Å². The van der Waals surface area contributed by atoms with Gasteiger partial charge in [0.1, 0.15) is 4.88 Å². The summed E-state index contributed by atoms with van der Waals surface area (Å²) in [5.74, 6) is -0.152. The van der Waals surface area contributed by atoms with E-state index in [1.54, 1.807) is 11.3 Å². The first-order valence-corrected chi connectivity index (χ1v) is 8.23. The van der Waals surface area contributed by atoms with Gasteiger partial charge in [0.25, 0.3) is 5.91 Å². The number of aromatic nitrogens is 2. The highest BCUT2D eigenvalue weighted by molar-refractivity contribution is 7.08. The molecule has 0 aliphatic rings. The summed E-state index contributed by atoms with van der Waals surface area (Å²) in [5, 5.41) is 20.6. The zero-order valence-corrected chi connectivity index (χ0v) is 12.8. The highest BCUT2D eigenvalue weighted by atomic mass is 32.1. The molecule has 2 aromatic rings. The largest absolute Gasteiger partial charge is 0.388 e. The smallest absolute Gasteiger partial charge is 0.264 e. The van der Waals surface area contributed by atoms with Crippen molar-refractivity contribution >= 4 is 28.8 Å². The van der Waals surface area contributed by atoms with Crippen LogP contribution in [0, 0.1) is 0 Å². The van der Waals surface area contributed by atoms with Gasteiger partial charge in [-0.25, -0.2) is 0 Å². The van der Waals surface area contributed by atoms with Gasteiger partial charge in [-0.2, -0.15) is 11.3 Å². The Labute approximate surface area is 125 Å². The molecule has 0 saturated carbocycles. The average Bonchev–Trinajstić information content (AvgIpc) is 3.10. The molecule has 5 nitrogen and oxygen atoms in total. The Hall–Kier alpha value is -1.31. The number of carbonyl (C=O) groups is 1. The lowest BCUT2D eigenvalue weighted by atomic mass is 10.1. The third-order valence-corrected chi connectivity index (χ3v) is 4.35. The van der Waals surface area contributed by atoms with Crippen molar-refractivity contribution < 1.29 is 9.90 Å². The van der Waals surface area contributed by atoms with Crippen LogP contribution in [0.3, 0.4) is 0 Å². The third-order valence-electron chi connectivity index (χ3n) is 2.88. The SMILES string of the molecule is CCCc1nnsc1C(=O)NCCC(O)c1ccsc1. The predicted molar refractivity (Wildman–Crippen MR) is 80.1 cm³/mol. The highest BCUT2D eigenvalue weighted by Gasteiger charge is 2.16. The number of nitrogens with zero attached hydrogens (tertiary/aromatic N) is 2. The van der Waals surface area contributed by atoms with Gasteiger partial charge < -0.3 is 10.4 Å². The summed E-state index contributed by atoms with van der Waals surface area (Å²) in [6.45, 7) is 2.47. The quantitative estimate of drug-likeness (QED) is 0.823. The first-order chi connectivity index (χ1) is 9.72. The summed E-state index contributed by atoms with van der Waals surface area (Å²) in [5.41, 5.74) is 1.66. The number of thiophene rings is 1. The molecule has 2 N–H and O–H groups in total. The van der Waals surface area contributed by atoms with Crippen LogP contribution in [0.2, 0.25) is 0 Å². The standard InChI is InChI=1S/C13H17N3O2S2/c1-2-3-10-12(20-16-15-10)13(18)14-6-4-11(17)9-5-7-19-8-9/h5,7-8,11,17H,2-4,6H2,1H3,(H,14,18). The zero-order valence-electron chi connectivity index (χ0n) is 11.2. The molecule has 0 aliphatic heterocycles. The molecule has 0 bridgehead atoms. The van der Waals surface area contributed by atoms with Gasteiger partial charge in [0.2, 0.25) is 0 Å². The van der Waals surface area contributed by atoms with E-state index < -0.39 is 6.10 Å². The van der Waals surface area contributed by atoms with E-state index in [1.165, 1.54) is 0 Å². The molecule has 1 atom stereocenters. The molecule has 2 heterocycles. The fourth-order valence-electron chi connectivity index (χ4n) is 1.82. The fourth-order valence-corrected chi connectivity index (χ4v) is 3.15. The van der Waals surface area contributed by atoms with Gasteiger partial charge in [0, 0.05) is 6.54 Å². The molecule has 1 unspecified atom stereocenters. The van der Waals surface area contributed by atoms with Crippen LogP contribution >= 0.6 is 22.9 Å². The van der Waals surface area contributed by atoms with Crippen molar-refractivity contribution in [3.8, 4) is 0 Å². The van der Waals surface area contributed by atoms with Gasteiger partial charge in [-0.3, -0.25) is 4.79 Å². The fraction of sp³-hybridized carbons (Fsp3) is 0.462. The van der Waals surface area contributed by atoms with Gasteiger partial charge in [-0.1, -0.05) is 17.8 Å². The molecule has 0 spiro atoms. The summed E-state index contributed by atoms with van der Waals surface area (Å²) in [4.78, 5) is 12.6. The number of amides is 1. The molecule has 2 aromatic heterocycles. The average molecular weight is 311 g/mol. The summed E-state index contributed by atoms with van der Waals surface area (Å²) >= 11 is 2.67. The Morgan fingerprint density at radius 2 is 2.40 bits per heavy atom. The Morgan fingerprint density at radius 3 is 3.10 bits per heavy atom. The van der Waals surface area contributed by atoms with E-state index in [-0.39, 0.29) is 5.91 Å². The van der Waals surface area contributed by atoms with Crippen LogP contribution in [0.15, 0.2) is 16.8 Å². The minimum atomic E-state index is -0.531. The second kappa shape index (κ2) is 7.47. The molecule has 0 radical (unpaired) electrons. The zero-order chi connectivity index (χ0) is 14.4. The number of rotatable bonds is 7. The van der Waals surface area contributed by atoms with E-state index in [1.807, 2.05) is 23.8 Å². The molecule has 7 heteroatoms. The Kier molecular flexibility index (Phi) is 5.63. The Balaban J connectivity index is 1.81. The summed E-state index contributed by atoms with van der Waals surface area (Å²) in [7, 11) is 0. The van der Waals surface area contributed by atoms with Crippen molar-refractivity contribution in [1.29, 1.82) is 0 Å². The summed E-state index contributed by atoms with van der Waals surface area (Å²) < 4.78 is 3.83. The molecule has 0 aromatic carbocycles. The molecule has 0 fully saturated rings. The molecule has 0 saturated heterocycles. The van der Waals surface area contributed by atoms with Crippen molar-refractivity contribution in [1.82, 2.24) is 14.9 Å². The number of hydrogen-bond donors (Lipinski definition) is 2. The van der Waals surface area contributed by atoms with Crippen LogP contribution in [-0.4, -0.2) is 27.1 Å². The lowest BCUT2D eigenvalue weighted by Gasteiger charge is -2.09. The predicted octanol–water partition coefficient (Wildman–Crippen LogP) is 2.41. The van der Waals surface area contributed by atoms with Crippen LogP contribution < -0.4 is 5.32 Å². The van der Waals surface area contributed by atoms with E-state index in [9.17, 15) is 9.90 Å². The Morgan fingerprint density at radius 1 is 1.55 bits per heavy atom. The van der Waals surface area contributed by atoms with Crippen molar-refractivity contribution in [3.63, 3.8) is 0 Å². The molecule has 0 aliphatic carbocycles. The van der Waals surface area contributed by atoms with E-state index in [0.29, 0.717) is 17.8 Å². The first kappa shape index (κ1) is 15.1. The molecule has 2 rings (SSSR count). The number of aliphatic hydroxyl groups excluding tert-OH is 1. The van der Waals surface area contributed by atoms with Gasteiger partial charge >= 0.3 is 0 Å². The van der Waals surface area contributed by atoms with Crippen LogP contribution in [0.1, 0.15) is 46.8 Å². The van der Waals surface area contributed by atoms with Crippen LogP contribution in [-0.2, 0) is 6.42 Å². The molecular weight excluding hydrogens is 294 g/mol. The maximum Gasteiger partial charge on any atom is 0.264 e. The number of aryl methyl sites for hydroxylation is 1. The van der Waals surface area contributed by atoms with Gasteiger partial charge in [-0.05, 0) is 46.8 Å². The molecular formula is C13H17N3O2S2. The van der Waals surface area contributed by atoms with Gasteiger partial charge in [0.05, 0.1) is 11.8 Å². The lowest BCUT2D eigenvalue weighted by molar-refractivity contribution is 0.0945. The van der Waals surface area contributed by atoms with Crippen LogP contribution in [0.4, 0.5) is 0 Å². The van der Waals surface area contributed by atoms with Crippen molar-refractivity contribution in [2.24, 2.45) is 0 Å². The lowest BCUT2D eigenvalue weighted by Crippen LogP contribution is -2.25. The van der Waals surface area contributed by atoms with Gasteiger partial charge in [0.15, 0.2) is 0 Å². The second-order valence-corrected chi connectivity index (χ2v) is 5.95. The van der Waals surface area contributed by atoms with E-state index in [4.69, 9.17) is 0 Å². The number of carbonyl (C=O) groups excluding carboxylic acids is 1. The molecule has 108 valence electrons. The maximum absolute atomic E-state index is 12.0. The number of aliphatic hydroxyl groups is 1. The van der Waals surface area contributed by atoms with Crippen LogP contribution in [0.5, 0.6) is 0 Å². The topological polar surface area (TPSA) is 75.1 Å². The van der Waals surface area contributed by atoms with Gasteiger partial charge in [-0.15, -0.1) is 5.10 Å². The minimum Gasteiger partial charge on any atom is -0.388 e. The first-order valence-electron chi connectivity index (χ1n) is 6.52. The van der Waals surface area contributed by atoms with Crippen molar-refractivity contribution in [2.75, 3.05) is 6.54 Å². The highest BCUT2D eigenvalue weighted by Crippen LogP contribution is 2.19. The summed E-state index contributed by atoms with van der Waals surface area (Å²) in [6.07, 6.45) is 1.66. The van der Waals surface area contributed by atoms with Crippen LogP contribution in [0.25, 0.3) is 0 Å². The normalized spacial score (nSPS) is 12.3. The second-order valence-electron chi connectivity index (χ2n) is 4.42. The molecule has 1 amide bonds. The molecule has 20 heavy (non-hydrogen) atoms. The van der Waals surface area contributed by atoms with E-state index in [0.717, 1.165) is 35.6 Å². The van der Waals surface area contributed by atoms with E-state index in [2.05, 4.69) is 14.9 Å². The summed E-state index contributed by atoms with van der Waals surface area (Å²) in [6, 6.07) is 1.89. The minimum absolute atomic E-state index is 0.152. The van der Waals surface area contributed by atoms with Crippen molar-refractivity contribution in [2.45, 2.75) is 32.3 Å². The maximum atomic E-state index is 12.0.